The molecule has 0 aliphatic carbocycles. The highest BCUT2D eigenvalue weighted by Crippen LogP contribution is 2.20. The Morgan fingerprint density at radius 2 is 1.95 bits per heavy atom. The molecule has 0 fully saturated rings. The summed E-state index contributed by atoms with van der Waals surface area (Å²) in [5.74, 6) is 0. The van der Waals surface area contributed by atoms with Gasteiger partial charge in [-0.05, 0) is 24.0 Å². The Morgan fingerprint density at radius 3 is 2.68 bits per heavy atom. The van der Waals surface area contributed by atoms with Crippen LogP contribution in [0.3, 0.4) is 0 Å². The third kappa shape index (κ3) is 2.43. The number of hydrogen-bond donors (Lipinski definition) is 0. The molecule has 0 amide bonds. The quantitative estimate of drug-likeness (QED) is 0.549. The minimum Gasteiger partial charge on any atom is -0.322 e. The van der Waals surface area contributed by atoms with Crippen molar-refractivity contribution in [1.29, 1.82) is 0 Å². The van der Waals surface area contributed by atoms with Gasteiger partial charge in [-0.3, -0.25) is 0 Å². The van der Waals surface area contributed by atoms with Crippen molar-refractivity contribution in [2.24, 2.45) is 0 Å². The molecule has 2 heterocycles. The van der Waals surface area contributed by atoms with Crippen molar-refractivity contribution in [3.05, 3.63) is 47.6 Å². The van der Waals surface area contributed by atoms with E-state index in [1.807, 2.05) is 4.57 Å². The maximum atomic E-state index is 6.10. The van der Waals surface area contributed by atoms with Gasteiger partial charge in [0.15, 0.2) is 10.8 Å². The van der Waals surface area contributed by atoms with Crippen LogP contribution >= 0.6 is 23.4 Å². The largest absolute Gasteiger partial charge is 0.322 e. The molecule has 3 rings (SSSR count). The smallest absolute Gasteiger partial charge is 0.182 e. The van der Waals surface area contributed by atoms with E-state index in [1.165, 1.54) is 16.8 Å². The van der Waals surface area contributed by atoms with Crippen LogP contribution in [0.15, 0.2) is 41.8 Å². The summed E-state index contributed by atoms with van der Waals surface area (Å²) in [6, 6.07) is 8.43. The Hall–Kier alpha value is -1.59. The molecular formula is C13H11ClN4S. The van der Waals surface area contributed by atoms with Gasteiger partial charge in [0.2, 0.25) is 0 Å². The Bertz CT molecular complexity index is 708. The first-order valence-corrected chi connectivity index (χ1v) is 7.32. The summed E-state index contributed by atoms with van der Waals surface area (Å²) in [6.07, 6.45) is 5.23. The third-order valence-corrected chi connectivity index (χ3v) is 3.90. The lowest BCUT2D eigenvalue weighted by atomic mass is 10.2. The summed E-state index contributed by atoms with van der Waals surface area (Å²) in [5.41, 5.74) is 2.59. The fraction of sp³-hybridized carbons (Fsp3) is 0.154. The van der Waals surface area contributed by atoms with Gasteiger partial charge in [0.25, 0.3) is 0 Å². The topological polar surface area (TPSA) is 43.6 Å². The molecule has 0 spiro atoms. The number of aromatic nitrogens is 4. The monoisotopic (exact) mass is 290 g/mol. The maximum absolute atomic E-state index is 6.10. The van der Waals surface area contributed by atoms with E-state index in [2.05, 4.69) is 45.5 Å². The zero-order valence-corrected chi connectivity index (χ0v) is 11.8. The van der Waals surface area contributed by atoms with Crippen LogP contribution in [0, 0.1) is 0 Å². The summed E-state index contributed by atoms with van der Waals surface area (Å²) in [6.45, 7) is 0.707. The predicted molar refractivity (Wildman–Crippen MR) is 77.7 cm³/mol. The van der Waals surface area contributed by atoms with E-state index >= 15 is 0 Å². The number of hydrogen-bond acceptors (Lipinski definition) is 4. The summed E-state index contributed by atoms with van der Waals surface area (Å²) >= 11 is 7.83. The molecule has 96 valence electrons. The fourth-order valence-corrected chi connectivity index (χ4v) is 2.56. The molecule has 0 aliphatic rings. The van der Waals surface area contributed by atoms with Crippen LogP contribution < -0.4 is 0 Å². The van der Waals surface area contributed by atoms with Gasteiger partial charge in [-0.25, -0.2) is 15.0 Å². The molecule has 6 heteroatoms. The van der Waals surface area contributed by atoms with E-state index in [9.17, 15) is 0 Å². The minimum absolute atomic E-state index is 0.434. The van der Waals surface area contributed by atoms with Crippen molar-refractivity contribution in [3.8, 4) is 0 Å². The molecule has 0 aliphatic heterocycles. The van der Waals surface area contributed by atoms with Crippen LogP contribution in [0.25, 0.3) is 11.2 Å². The van der Waals surface area contributed by atoms with E-state index in [0.717, 1.165) is 5.52 Å². The summed E-state index contributed by atoms with van der Waals surface area (Å²) in [4.78, 5) is 13.6. The number of rotatable bonds is 3. The van der Waals surface area contributed by atoms with Gasteiger partial charge in [-0.15, -0.1) is 11.8 Å². The Kier molecular flexibility index (Phi) is 3.40. The average Bonchev–Trinajstić information content (AvgIpc) is 2.84. The minimum atomic E-state index is 0.434. The van der Waals surface area contributed by atoms with Crippen LogP contribution in [0.1, 0.15) is 5.56 Å². The van der Waals surface area contributed by atoms with Crippen LogP contribution in [0.4, 0.5) is 0 Å². The average molecular weight is 291 g/mol. The first-order chi connectivity index (χ1) is 9.28. The van der Waals surface area contributed by atoms with Gasteiger partial charge in [0.05, 0.1) is 6.33 Å². The van der Waals surface area contributed by atoms with Crippen molar-refractivity contribution >= 4 is 34.5 Å². The molecule has 4 nitrogen and oxygen atoms in total. The Balaban J connectivity index is 1.96. The zero-order chi connectivity index (χ0) is 13.2. The maximum Gasteiger partial charge on any atom is 0.182 e. The van der Waals surface area contributed by atoms with Crippen molar-refractivity contribution < 1.29 is 0 Å². The molecule has 0 saturated heterocycles. The molecule has 0 saturated carbocycles. The number of imidazole rings is 1. The van der Waals surface area contributed by atoms with E-state index in [-0.39, 0.29) is 0 Å². The van der Waals surface area contributed by atoms with E-state index in [4.69, 9.17) is 11.6 Å². The van der Waals surface area contributed by atoms with Crippen LogP contribution in [0.5, 0.6) is 0 Å². The molecule has 0 N–H and O–H groups in total. The summed E-state index contributed by atoms with van der Waals surface area (Å²) in [7, 11) is 0. The van der Waals surface area contributed by atoms with E-state index < -0.39 is 0 Å². The summed E-state index contributed by atoms with van der Waals surface area (Å²) < 4.78 is 1.96. The lowest BCUT2D eigenvalue weighted by Gasteiger charge is -2.05. The van der Waals surface area contributed by atoms with Crippen molar-refractivity contribution in [1.82, 2.24) is 19.5 Å². The van der Waals surface area contributed by atoms with Crippen molar-refractivity contribution in [3.63, 3.8) is 0 Å². The number of fused-ring (bicyclic) bond motifs is 1. The first kappa shape index (κ1) is 12.4. The van der Waals surface area contributed by atoms with Gasteiger partial charge < -0.3 is 4.57 Å². The van der Waals surface area contributed by atoms with Gasteiger partial charge in [-0.1, -0.05) is 23.7 Å². The number of benzene rings is 1. The highest BCUT2D eigenvalue weighted by Gasteiger charge is 2.09. The van der Waals surface area contributed by atoms with Crippen LogP contribution in [-0.4, -0.2) is 25.8 Å². The molecule has 2 aromatic heterocycles. The standard InChI is InChI=1S/C13H11ClN4S/c1-19-10-4-2-9(3-5-10)6-18-8-17-13-11(18)12(14)15-7-16-13/h2-5,7-8H,6H2,1H3. The predicted octanol–water partition coefficient (Wildman–Crippen LogP) is 3.25. The fourth-order valence-electron chi connectivity index (χ4n) is 1.92. The lowest BCUT2D eigenvalue weighted by molar-refractivity contribution is 0.822. The molecule has 0 radical (unpaired) electrons. The second-order valence-electron chi connectivity index (χ2n) is 4.06. The first-order valence-electron chi connectivity index (χ1n) is 5.72. The molecule has 19 heavy (non-hydrogen) atoms. The molecule has 0 atom stereocenters. The van der Waals surface area contributed by atoms with E-state index in [0.29, 0.717) is 17.3 Å². The van der Waals surface area contributed by atoms with Crippen LogP contribution in [0.2, 0.25) is 5.15 Å². The van der Waals surface area contributed by atoms with E-state index in [1.54, 1.807) is 18.1 Å². The number of thioether (sulfide) groups is 1. The lowest BCUT2D eigenvalue weighted by Crippen LogP contribution is -1.99. The highest BCUT2D eigenvalue weighted by atomic mass is 35.5. The molecule has 3 aromatic rings. The van der Waals surface area contributed by atoms with Crippen molar-refractivity contribution in [2.75, 3.05) is 6.26 Å². The van der Waals surface area contributed by atoms with Gasteiger partial charge >= 0.3 is 0 Å². The molecule has 0 bridgehead atoms. The Morgan fingerprint density at radius 1 is 1.16 bits per heavy atom. The highest BCUT2D eigenvalue weighted by molar-refractivity contribution is 7.98. The SMILES string of the molecule is CSc1ccc(Cn2cnc3ncnc(Cl)c32)cc1. The molecular weight excluding hydrogens is 280 g/mol. The molecule has 1 aromatic carbocycles. The number of halogens is 1. The van der Waals surface area contributed by atoms with Gasteiger partial charge in [-0.2, -0.15) is 0 Å². The number of nitrogens with zero attached hydrogens (tertiary/aromatic N) is 4. The normalized spacial score (nSPS) is 11.1. The van der Waals surface area contributed by atoms with Gasteiger partial charge in [0.1, 0.15) is 11.8 Å². The second kappa shape index (κ2) is 5.19. The van der Waals surface area contributed by atoms with Crippen LogP contribution in [-0.2, 0) is 6.54 Å². The zero-order valence-electron chi connectivity index (χ0n) is 10.2. The Labute approximate surface area is 119 Å². The second-order valence-corrected chi connectivity index (χ2v) is 5.29. The molecule has 0 unspecified atom stereocenters. The van der Waals surface area contributed by atoms with Crippen molar-refractivity contribution in [2.45, 2.75) is 11.4 Å². The van der Waals surface area contributed by atoms with Gasteiger partial charge in [0, 0.05) is 11.4 Å². The summed E-state index contributed by atoms with van der Waals surface area (Å²) in [5, 5.41) is 0.434. The third-order valence-electron chi connectivity index (χ3n) is 2.88.